The minimum Gasteiger partial charge on any atom is -0.329 e. The summed E-state index contributed by atoms with van der Waals surface area (Å²) in [4.78, 5) is 5.30. The average Bonchev–Trinajstić information content (AvgIpc) is 3.12. The van der Waals surface area contributed by atoms with Crippen molar-refractivity contribution in [1.82, 2.24) is 9.80 Å². The second-order valence-electron chi connectivity index (χ2n) is 6.79. The van der Waals surface area contributed by atoms with Crippen LogP contribution in [-0.2, 0) is 0 Å². The summed E-state index contributed by atoms with van der Waals surface area (Å²) in [6.07, 6.45) is 4.07. The molecule has 0 spiro atoms. The Labute approximate surface area is 129 Å². The molecule has 1 aromatic rings. The van der Waals surface area contributed by atoms with Gasteiger partial charge in [0.25, 0.3) is 0 Å². The Kier molecular flexibility index (Phi) is 4.63. The molecule has 0 saturated carbocycles. The lowest BCUT2D eigenvalue weighted by molar-refractivity contribution is 0.202. The fourth-order valence-corrected chi connectivity index (χ4v) is 4.13. The highest BCUT2D eigenvalue weighted by Gasteiger charge is 2.33. The highest BCUT2D eigenvalue weighted by molar-refractivity contribution is 5.33. The molecule has 2 N–H and O–H groups in total. The average molecular weight is 287 g/mol. The minimum absolute atomic E-state index is 0.387. The molecule has 0 aliphatic carbocycles. The molecule has 0 aromatic heterocycles. The summed E-state index contributed by atoms with van der Waals surface area (Å²) in [5, 5.41) is 0. The van der Waals surface area contributed by atoms with Gasteiger partial charge in [0.05, 0.1) is 0 Å². The van der Waals surface area contributed by atoms with Gasteiger partial charge in [-0.3, -0.25) is 9.80 Å². The fraction of sp³-hybridized carbons (Fsp3) is 0.667. The van der Waals surface area contributed by atoms with Crippen LogP contribution < -0.4 is 5.73 Å². The highest BCUT2D eigenvalue weighted by Crippen LogP contribution is 2.29. The van der Waals surface area contributed by atoms with Crippen LogP contribution in [0.15, 0.2) is 18.2 Å². The van der Waals surface area contributed by atoms with Crippen LogP contribution in [-0.4, -0.2) is 48.6 Å². The molecule has 2 unspecified atom stereocenters. The maximum absolute atomic E-state index is 6.14. The number of aryl methyl sites for hydroxylation is 2. The topological polar surface area (TPSA) is 32.5 Å². The minimum atomic E-state index is 0.387. The summed E-state index contributed by atoms with van der Waals surface area (Å²) >= 11 is 0. The molecule has 3 heteroatoms. The molecule has 2 aliphatic rings. The van der Waals surface area contributed by atoms with Gasteiger partial charge in [-0.2, -0.15) is 0 Å². The molecule has 116 valence electrons. The van der Waals surface area contributed by atoms with Crippen molar-refractivity contribution in [2.75, 3.05) is 32.7 Å². The van der Waals surface area contributed by atoms with Crippen molar-refractivity contribution in [2.24, 2.45) is 5.73 Å². The standard InChI is InChI=1S/C18H29N3/c1-14-5-6-17(15(2)11-14)18(12-19)21-10-7-16(13-21)20-8-3-4-9-20/h5-6,11,16,18H,3-4,7-10,12-13,19H2,1-2H3. The first-order valence-electron chi connectivity index (χ1n) is 8.44. The van der Waals surface area contributed by atoms with Crippen LogP contribution in [0.25, 0.3) is 0 Å². The van der Waals surface area contributed by atoms with E-state index < -0.39 is 0 Å². The zero-order valence-electron chi connectivity index (χ0n) is 13.5. The molecule has 2 fully saturated rings. The largest absolute Gasteiger partial charge is 0.329 e. The van der Waals surface area contributed by atoms with Gasteiger partial charge in [0, 0.05) is 31.7 Å². The van der Waals surface area contributed by atoms with Gasteiger partial charge in [-0.1, -0.05) is 23.8 Å². The van der Waals surface area contributed by atoms with Crippen LogP contribution in [0.2, 0.25) is 0 Å². The van der Waals surface area contributed by atoms with Crippen molar-refractivity contribution >= 4 is 0 Å². The molecule has 0 amide bonds. The zero-order chi connectivity index (χ0) is 14.8. The van der Waals surface area contributed by atoms with Gasteiger partial charge in [-0.15, -0.1) is 0 Å². The Morgan fingerprint density at radius 1 is 1.19 bits per heavy atom. The smallest absolute Gasteiger partial charge is 0.0473 e. The number of benzene rings is 1. The predicted octanol–water partition coefficient (Wildman–Crippen LogP) is 2.47. The summed E-state index contributed by atoms with van der Waals surface area (Å²) < 4.78 is 0. The molecular formula is C18H29N3. The zero-order valence-corrected chi connectivity index (χ0v) is 13.5. The maximum Gasteiger partial charge on any atom is 0.0473 e. The number of rotatable bonds is 4. The quantitative estimate of drug-likeness (QED) is 0.923. The van der Waals surface area contributed by atoms with Crippen molar-refractivity contribution in [3.8, 4) is 0 Å². The highest BCUT2D eigenvalue weighted by atomic mass is 15.3. The van der Waals surface area contributed by atoms with Gasteiger partial charge >= 0.3 is 0 Å². The van der Waals surface area contributed by atoms with E-state index in [0.29, 0.717) is 6.04 Å². The Morgan fingerprint density at radius 2 is 1.95 bits per heavy atom. The Bertz CT molecular complexity index is 479. The lowest BCUT2D eigenvalue weighted by Gasteiger charge is -2.30. The van der Waals surface area contributed by atoms with E-state index in [1.54, 1.807) is 0 Å². The lowest BCUT2D eigenvalue weighted by atomic mass is 9.98. The number of hydrogen-bond acceptors (Lipinski definition) is 3. The fourth-order valence-electron chi connectivity index (χ4n) is 4.13. The molecular weight excluding hydrogens is 258 g/mol. The van der Waals surface area contributed by atoms with Crippen LogP contribution in [0.3, 0.4) is 0 Å². The van der Waals surface area contributed by atoms with E-state index in [4.69, 9.17) is 5.73 Å². The molecule has 0 bridgehead atoms. The molecule has 2 atom stereocenters. The van der Waals surface area contributed by atoms with Crippen molar-refractivity contribution in [3.05, 3.63) is 34.9 Å². The Hall–Kier alpha value is -0.900. The normalized spacial score (nSPS) is 25.6. The van der Waals surface area contributed by atoms with Crippen LogP contribution in [0.5, 0.6) is 0 Å². The van der Waals surface area contributed by atoms with Crippen molar-refractivity contribution < 1.29 is 0 Å². The lowest BCUT2D eigenvalue weighted by Crippen LogP contribution is -2.38. The van der Waals surface area contributed by atoms with Crippen molar-refractivity contribution in [1.29, 1.82) is 0 Å². The first-order chi connectivity index (χ1) is 10.2. The van der Waals surface area contributed by atoms with E-state index in [0.717, 1.165) is 12.6 Å². The second kappa shape index (κ2) is 6.47. The molecule has 2 heterocycles. The number of nitrogens with zero attached hydrogens (tertiary/aromatic N) is 2. The van der Waals surface area contributed by atoms with E-state index in [2.05, 4.69) is 41.8 Å². The van der Waals surface area contributed by atoms with Crippen molar-refractivity contribution in [2.45, 2.75) is 45.2 Å². The van der Waals surface area contributed by atoms with Gasteiger partial charge in [0.15, 0.2) is 0 Å². The SMILES string of the molecule is Cc1ccc(C(CN)N2CCC(N3CCCC3)C2)c(C)c1. The van der Waals surface area contributed by atoms with Crippen LogP contribution in [0.1, 0.15) is 42.0 Å². The number of nitrogens with two attached hydrogens (primary N) is 1. The summed E-state index contributed by atoms with van der Waals surface area (Å²) in [5.74, 6) is 0. The van der Waals surface area contributed by atoms with E-state index >= 15 is 0 Å². The van der Waals surface area contributed by atoms with Gasteiger partial charge in [-0.05, 0) is 57.3 Å². The third-order valence-electron chi connectivity index (χ3n) is 5.30. The Morgan fingerprint density at radius 3 is 2.62 bits per heavy atom. The molecule has 1 aromatic carbocycles. The second-order valence-corrected chi connectivity index (χ2v) is 6.79. The third-order valence-corrected chi connectivity index (χ3v) is 5.30. The summed E-state index contributed by atoms with van der Waals surface area (Å²) in [6, 6.07) is 7.93. The van der Waals surface area contributed by atoms with E-state index in [1.807, 2.05) is 0 Å². The Balaban J connectivity index is 1.72. The van der Waals surface area contributed by atoms with E-state index in [9.17, 15) is 0 Å². The summed E-state index contributed by atoms with van der Waals surface area (Å²) in [6.45, 7) is 10.1. The first-order valence-corrected chi connectivity index (χ1v) is 8.44. The van der Waals surface area contributed by atoms with Gasteiger partial charge in [-0.25, -0.2) is 0 Å². The van der Waals surface area contributed by atoms with Gasteiger partial charge in [0.2, 0.25) is 0 Å². The van der Waals surface area contributed by atoms with E-state index in [-0.39, 0.29) is 0 Å². The van der Waals surface area contributed by atoms with Crippen LogP contribution in [0.4, 0.5) is 0 Å². The van der Waals surface area contributed by atoms with Gasteiger partial charge in [0.1, 0.15) is 0 Å². The monoisotopic (exact) mass is 287 g/mol. The molecule has 3 nitrogen and oxygen atoms in total. The first kappa shape index (κ1) is 15.0. The molecule has 2 aliphatic heterocycles. The molecule has 3 rings (SSSR count). The number of hydrogen-bond donors (Lipinski definition) is 1. The van der Waals surface area contributed by atoms with Crippen LogP contribution in [0, 0.1) is 13.8 Å². The third kappa shape index (κ3) is 3.15. The van der Waals surface area contributed by atoms with E-state index in [1.165, 1.54) is 62.1 Å². The molecule has 2 saturated heterocycles. The maximum atomic E-state index is 6.14. The summed E-state index contributed by atoms with van der Waals surface area (Å²) in [5.41, 5.74) is 10.3. The van der Waals surface area contributed by atoms with Crippen LogP contribution >= 0.6 is 0 Å². The van der Waals surface area contributed by atoms with Gasteiger partial charge < -0.3 is 5.73 Å². The molecule has 21 heavy (non-hydrogen) atoms. The predicted molar refractivity (Wildman–Crippen MR) is 88.5 cm³/mol. The van der Waals surface area contributed by atoms with Crippen molar-refractivity contribution in [3.63, 3.8) is 0 Å². The summed E-state index contributed by atoms with van der Waals surface area (Å²) in [7, 11) is 0. The number of likely N-dealkylation sites (tertiary alicyclic amines) is 2. The molecule has 0 radical (unpaired) electrons.